The third-order valence-corrected chi connectivity index (χ3v) is 11.8. The second-order valence-electron chi connectivity index (χ2n) is 13.4. The van der Waals surface area contributed by atoms with Crippen molar-refractivity contribution in [2.75, 3.05) is 0 Å². The van der Waals surface area contributed by atoms with Crippen molar-refractivity contribution in [3.63, 3.8) is 0 Å². The van der Waals surface area contributed by atoms with Gasteiger partial charge in [-0.3, -0.25) is 16.0 Å². The molecule has 1 aliphatic heterocycles. The van der Waals surface area contributed by atoms with Gasteiger partial charge in [0.25, 0.3) is 0 Å². The van der Waals surface area contributed by atoms with Crippen LogP contribution in [0.15, 0.2) is 162 Å². The van der Waals surface area contributed by atoms with Crippen LogP contribution in [0.25, 0.3) is 69.6 Å². The first-order valence-electron chi connectivity index (χ1n) is 17.4. The number of hydrogen-bond donors (Lipinski definition) is 3. The molecule has 1 fully saturated rings. The number of hydrogen-bond acceptors (Lipinski definition) is 5. The Labute approximate surface area is 297 Å². The molecule has 5 nitrogen and oxygen atoms in total. The molecule has 3 N–H and O–H groups in total. The Morgan fingerprint density at radius 3 is 2.04 bits per heavy atom. The van der Waals surface area contributed by atoms with Crippen molar-refractivity contribution in [2.24, 2.45) is 0 Å². The zero-order valence-electron chi connectivity index (χ0n) is 27.5. The molecule has 1 aliphatic rings. The summed E-state index contributed by atoms with van der Waals surface area (Å²) in [5, 5.41) is 19.1. The van der Waals surface area contributed by atoms with Crippen molar-refractivity contribution in [1.82, 2.24) is 20.5 Å². The molecule has 11 rings (SSSR count). The SMILES string of the molecule is c1ccc(C2NC(c3ccc4c(c3)c3ccccc3n4-c3ccc4oc5ccccc5c4c3)NC(c3cccc4c3sc3ccccc34)N2)cc1. The third-order valence-electron chi connectivity index (χ3n) is 10.5. The molecule has 3 aromatic heterocycles. The van der Waals surface area contributed by atoms with Crippen LogP contribution in [0.3, 0.4) is 0 Å². The monoisotopic (exact) mass is 676 g/mol. The number of nitrogens with one attached hydrogen (secondary N) is 3. The predicted octanol–water partition coefficient (Wildman–Crippen LogP) is 11.2. The number of rotatable bonds is 4. The Balaban J connectivity index is 1.05. The van der Waals surface area contributed by atoms with E-state index in [1.54, 1.807) is 0 Å². The van der Waals surface area contributed by atoms with E-state index >= 15 is 0 Å². The zero-order valence-corrected chi connectivity index (χ0v) is 28.3. The molecular weight excluding hydrogens is 645 g/mol. The van der Waals surface area contributed by atoms with E-state index in [0.29, 0.717) is 0 Å². The van der Waals surface area contributed by atoms with Gasteiger partial charge in [0.15, 0.2) is 0 Å². The van der Waals surface area contributed by atoms with Crippen molar-refractivity contribution in [1.29, 1.82) is 0 Å². The van der Waals surface area contributed by atoms with Gasteiger partial charge in [-0.1, -0.05) is 109 Å². The van der Waals surface area contributed by atoms with Crippen LogP contribution in [0, 0.1) is 0 Å². The molecule has 0 saturated carbocycles. The fraction of sp³-hybridized carbons (Fsp3) is 0.0667. The highest BCUT2D eigenvalue weighted by Gasteiger charge is 2.31. The van der Waals surface area contributed by atoms with Gasteiger partial charge >= 0.3 is 0 Å². The lowest BCUT2D eigenvalue weighted by Crippen LogP contribution is -2.54. The largest absolute Gasteiger partial charge is 0.456 e. The summed E-state index contributed by atoms with van der Waals surface area (Å²) in [6.07, 6.45) is -0.237. The van der Waals surface area contributed by atoms with Crippen molar-refractivity contribution in [2.45, 2.75) is 18.5 Å². The van der Waals surface area contributed by atoms with Crippen molar-refractivity contribution in [3.8, 4) is 5.69 Å². The summed E-state index contributed by atoms with van der Waals surface area (Å²) in [4.78, 5) is 0. The van der Waals surface area contributed by atoms with Gasteiger partial charge in [-0.2, -0.15) is 0 Å². The van der Waals surface area contributed by atoms with E-state index in [9.17, 15) is 0 Å². The molecule has 51 heavy (non-hydrogen) atoms. The number of furan rings is 1. The minimum Gasteiger partial charge on any atom is -0.456 e. The number of thiophene rings is 1. The van der Waals surface area contributed by atoms with Crippen LogP contribution < -0.4 is 16.0 Å². The van der Waals surface area contributed by atoms with E-state index in [0.717, 1.165) is 27.6 Å². The van der Waals surface area contributed by atoms with E-state index in [1.165, 1.54) is 58.7 Å². The van der Waals surface area contributed by atoms with Gasteiger partial charge in [-0.25, -0.2) is 0 Å². The normalized spacial score (nSPS) is 18.2. The first-order chi connectivity index (χ1) is 25.3. The first kappa shape index (κ1) is 29.0. The summed E-state index contributed by atoms with van der Waals surface area (Å²) in [7, 11) is 0. The number of fused-ring (bicyclic) bond motifs is 9. The van der Waals surface area contributed by atoms with Gasteiger partial charge in [0, 0.05) is 53.0 Å². The lowest BCUT2D eigenvalue weighted by Gasteiger charge is -2.39. The molecule has 0 amide bonds. The highest BCUT2D eigenvalue weighted by molar-refractivity contribution is 7.26. The molecule has 4 heterocycles. The summed E-state index contributed by atoms with van der Waals surface area (Å²) in [5.41, 5.74) is 8.95. The van der Waals surface area contributed by atoms with Gasteiger partial charge in [-0.15, -0.1) is 11.3 Å². The molecule has 3 atom stereocenters. The van der Waals surface area contributed by atoms with Crippen LogP contribution >= 0.6 is 11.3 Å². The number of benzene rings is 7. The molecular formula is C45H32N4OS. The highest BCUT2D eigenvalue weighted by atomic mass is 32.1. The quantitative estimate of drug-likeness (QED) is 0.174. The fourth-order valence-corrected chi connectivity index (χ4v) is 9.40. The van der Waals surface area contributed by atoms with Crippen molar-refractivity contribution >= 4 is 75.3 Å². The van der Waals surface area contributed by atoms with E-state index in [2.05, 4.69) is 166 Å². The van der Waals surface area contributed by atoms with E-state index in [-0.39, 0.29) is 18.5 Å². The van der Waals surface area contributed by atoms with Gasteiger partial charge in [0.05, 0.1) is 29.5 Å². The Kier molecular flexibility index (Phi) is 6.48. The topological polar surface area (TPSA) is 54.2 Å². The Morgan fingerprint density at radius 2 is 1.14 bits per heavy atom. The second kappa shape index (κ2) is 11.4. The minimum atomic E-state index is -0.105. The molecule has 0 spiro atoms. The van der Waals surface area contributed by atoms with Crippen LogP contribution in [-0.4, -0.2) is 4.57 Å². The maximum atomic E-state index is 6.18. The van der Waals surface area contributed by atoms with E-state index in [1.807, 2.05) is 23.5 Å². The maximum absolute atomic E-state index is 6.18. The molecule has 0 aliphatic carbocycles. The smallest absolute Gasteiger partial charge is 0.135 e. The zero-order chi connectivity index (χ0) is 33.5. The second-order valence-corrected chi connectivity index (χ2v) is 14.5. The fourth-order valence-electron chi connectivity index (χ4n) is 8.15. The molecule has 6 heteroatoms. The van der Waals surface area contributed by atoms with Gasteiger partial charge in [0.1, 0.15) is 11.2 Å². The third kappa shape index (κ3) is 4.58. The lowest BCUT2D eigenvalue weighted by molar-refractivity contribution is 0.204. The van der Waals surface area contributed by atoms with Crippen molar-refractivity contribution in [3.05, 3.63) is 174 Å². The van der Waals surface area contributed by atoms with Crippen LogP contribution in [0.1, 0.15) is 35.2 Å². The van der Waals surface area contributed by atoms with Gasteiger partial charge < -0.3 is 8.98 Å². The molecule has 10 aromatic rings. The molecule has 3 unspecified atom stereocenters. The number of aromatic nitrogens is 1. The Morgan fingerprint density at radius 1 is 0.451 bits per heavy atom. The number of nitrogens with zero attached hydrogens (tertiary/aromatic N) is 1. The minimum absolute atomic E-state index is 0.0550. The predicted molar refractivity (Wildman–Crippen MR) is 211 cm³/mol. The van der Waals surface area contributed by atoms with Gasteiger partial charge in [0.2, 0.25) is 0 Å². The molecule has 7 aromatic carbocycles. The molecule has 1 saturated heterocycles. The summed E-state index contributed by atoms with van der Waals surface area (Å²) in [6, 6.07) is 56.6. The van der Waals surface area contributed by atoms with Gasteiger partial charge in [-0.05, 0) is 59.7 Å². The van der Waals surface area contributed by atoms with Crippen molar-refractivity contribution < 1.29 is 4.42 Å². The number of para-hydroxylation sites is 2. The Hall–Kier alpha value is -5.76. The Bertz CT molecular complexity index is 2940. The molecule has 0 radical (unpaired) electrons. The summed E-state index contributed by atoms with van der Waals surface area (Å²) >= 11 is 1.87. The summed E-state index contributed by atoms with van der Waals surface area (Å²) in [6.45, 7) is 0. The van der Waals surface area contributed by atoms with E-state index in [4.69, 9.17) is 4.42 Å². The highest BCUT2D eigenvalue weighted by Crippen LogP contribution is 2.40. The first-order valence-corrected chi connectivity index (χ1v) is 18.3. The standard InChI is InChI=1S/C45H32N4OS/c1-2-11-27(12-3-1)43-46-44(48-45(47-43)34-17-10-16-33-32-15-6-9-20-41(32)51-42(33)34)28-21-23-38-35(25-28)30-13-4-7-18-37(30)49(38)29-22-24-40-36(26-29)31-14-5-8-19-39(31)50-40/h1-26,43-48H. The lowest BCUT2D eigenvalue weighted by atomic mass is 10.0. The summed E-state index contributed by atoms with van der Waals surface area (Å²) < 4.78 is 11.2. The van der Waals surface area contributed by atoms with Crippen LogP contribution in [0.4, 0.5) is 0 Å². The van der Waals surface area contributed by atoms with Crippen LogP contribution in [-0.2, 0) is 0 Å². The van der Waals surface area contributed by atoms with Crippen LogP contribution in [0.2, 0.25) is 0 Å². The average Bonchev–Trinajstić information content (AvgIpc) is 3.87. The molecule has 0 bridgehead atoms. The molecule has 244 valence electrons. The van der Waals surface area contributed by atoms with Crippen LogP contribution in [0.5, 0.6) is 0 Å². The maximum Gasteiger partial charge on any atom is 0.135 e. The summed E-state index contributed by atoms with van der Waals surface area (Å²) in [5.74, 6) is 0. The van der Waals surface area contributed by atoms with E-state index < -0.39 is 0 Å². The average molecular weight is 677 g/mol.